The summed E-state index contributed by atoms with van der Waals surface area (Å²) in [6, 6.07) is 0.0681. The smallest absolute Gasteiger partial charge is 0.222 e. The van der Waals surface area contributed by atoms with Crippen molar-refractivity contribution in [2.45, 2.75) is 59.5 Å². The van der Waals surface area contributed by atoms with Gasteiger partial charge in [-0.15, -0.1) is 0 Å². The van der Waals surface area contributed by atoms with Gasteiger partial charge in [0, 0.05) is 56.9 Å². The fraction of sp³-hybridized carbons (Fsp3) is 0.571. The number of aromatic nitrogens is 2. The molecule has 154 valence electrons. The van der Waals surface area contributed by atoms with Crippen molar-refractivity contribution in [3.8, 4) is 0 Å². The van der Waals surface area contributed by atoms with Gasteiger partial charge < -0.3 is 15.1 Å². The molecule has 0 radical (unpaired) electrons. The van der Waals surface area contributed by atoms with Crippen molar-refractivity contribution in [3.05, 3.63) is 35.7 Å². The van der Waals surface area contributed by atoms with Gasteiger partial charge >= 0.3 is 0 Å². The minimum absolute atomic E-state index is 0.0681. The number of anilines is 1. The lowest BCUT2D eigenvalue weighted by atomic mass is 10.0. The second-order valence-corrected chi connectivity index (χ2v) is 6.93. The van der Waals surface area contributed by atoms with Crippen LogP contribution in [-0.2, 0) is 22.6 Å². The summed E-state index contributed by atoms with van der Waals surface area (Å²) in [7, 11) is 1.94. The quantitative estimate of drug-likeness (QED) is 0.807. The number of hydrogen-bond acceptors (Lipinski definition) is 4. The number of fused-ring (bicyclic) bond motifs is 1. The van der Waals surface area contributed by atoms with Crippen LogP contribution >= 0.6 is 0 Å². The Labute approximate surface area is 168 Å². The standard InChI is InChI=1S/C19H27N5O2.C2H6/c1-5-6-13(2)22(4)19-16-12-23(14(3)25)10-8-17(16)24(21-19)15-7-9-20-18(26)11-15;1-2/h5-6,15H,2,7-12H2,1,3-4H3,(H,20,26);1-2H3/b6-5-;. The third kappa shape index (κ3) is 4.46. The lowest BCUT2D eigenvalue weighted by molar-refractivity contribution is -0.129. The Morgan fingerprint density at radius 1 is 1.39 bits per heavy atom. The number of carbonyl (C=O) groups excluding carboxylic acids is 2. The zero-order valence-electron chi connectivity index (χ0n) is 17.8. The summed E-state index contributed by atoms with van der Waals surface area (Å²) in [6.45, 7) is 13.6. The number of nitrogens with one attached hydrogen (secondary N) is 1. The highest BCUT2D eigenvalue weighted by Gasteiger charge is 2.32. The van der Waals surface area contributed by atoms with E-state index in [1.54, 1.807) is 6.92 Å². The van der Waals surface area contributed by atoms with Gasteiger partial charge in [0.2, 0.25) is 11.8 Å². The summed E-state index contributed by atoms with van der Waals surface area (Å²) in [5.74, 6) is 0.960. The zero-order chi connectivity index (χ0) is 20.8. The summed E-state index contributed by atoms with van der Waals surface area (Å²) in [5.41, 5.74) is 3.03. The molecule has 28 heavy (non-hydrogen) atoms. The molecule has 0 saturated carbocycles. The molecule has 3 heterocycles. The van der Waals surface area contributed by atoms with Crippen molar-refractivity contribution < 1.29 is 9.59 Å². The van der Waals surface area contributed by atoms with E-state index >= 15 is 0 Å². The van der Waals surface area contributed by atoms with Crippen LogP contribution in [0.25, 0.3) is 0 Å². The summed E-state index contributed by atoms with van der Waals surface area (Å²) < 4.78 is 2.03. The molecule has 0 aromatic carbocycles. The van der Waals surface area contributed by atoms with Gasteiger partial charge in [0.1, 0.15) is 0 Å². The molecule has 1 atom stereocenters. The van der Waals surface area contributed by atoms with Gasteiger partial charge in [0.25, 0.3) is 0 Å². The van der Waals surface area contributed by atoms with Crippen LogP contribution in [0.3, 0.4) is 0 Å². The molecule has 1 unspecified atom stereocenters. The number of nitrogens with zero attached hydrogens (tertiary/aromatic N) is 4. The van der Waals surface area contributed by atoms with Crippen molar-refractivity contribution >= 4 is 17.6 Å². The molecule has 1 aromatic rings. The summed E-state index contributed by atoms with van der Waals surface area (Å²) in [5, 5.41) is 7.76. The number of piperidine rings is 1. The van der Waals surface area contributed by atoms with Crippen LogP contribution in [0.4, 0.5) is 5.82 Å². The van der Waals surface area contributed by atoms with Crippen LogP contribution in [-0.4, -0.2) is 46.6 Å². The molecule has 7 heteroatoms. The number of carbonyl (C=O) groups is 2. The molecule has 7 nitrogen and oxygen atoms in total. The lowest BCUT2D eigenvalue weighted by Gasteiger charge is -2.29. The van der Waals surface area contributed by atoms with Crippen molar-refractivity contribution in [3.63, 3.8) is 0 Å². The monoisotopic (exact) mass is 387 g/mol. The maximum Gasteiger partial charge on any atom is 0.222 e. The van der Waals surface area contributed by atoms with Gasteiger partial charge in [-0.3, -0.25) is 14.3 Å². The van der Waals surface area contributed by atoms with E-state index in [1.807, 2.05) is 54.5 Å². The van der Waals surface area contributed by atoms with Crippen molar-refractivity contribution in [1.29, 1.82) is 0 Å². The highest BCUT2D eigenvalue weighted by atomic mass is 16.2. The summed E-state index contributed by atoms with van der Waals surface area (Å²) >= 11 is 0. The highest BCUT2D eigenvalue weighted by Crippen LogP contribution is 2.33. The molecular formula is C21H33N5O2. The first-order valence-electron chi connectivity index (χ1n) is 10.1. The Kier molecular flexibility index (Phi) is 7.43. The van der Waals surface area contributed by atoms with Crippen LogP contribution < -0.4 is 10.2 Å². The Morgan fingerprint density at radius 2 is 2.11 bits per heavy atom. The predicted octanol–water partition coefficient (Wildman–Crippen LogP) is 2.79. The van der Waals surface area contributed by atoms with Crippen molar-refractivity contribution in [2.75, 3.05) is 25.0 Å². The van der Waals surface area contributed by atoms with Crippen LogP contribution in [0.2, 0.25) is 0 Å². The van der Waals surface area contributed by atoms with Crippen molar-refractivity contribution in [2.24, 2.45) is 0 Å². The van der Waals surface area contributed by atoms with Gasteiger partial charge in [0.15, 0.2) is 5.82 Å². The minimum atomic E-state index is 0.0681. The average molecular weight is 388 g/mol. The molecule has 1 saturated heterocycles. The maximum absolute atomic E-state index is 11.9. The second kappa shape index (κ2) is 9.57. The van der Waals surface area contributed by atoms with E-state index in [4.69, 9.17) is 5.10 Å². The van der Waals surface area contributed by atoms with Gasteiger partial charge in [0.05, 0.1) is 12.6 Å². The molecular weight excluding hydrogens is 354 g/mol. The molecule has 1 N–H and O–H groups in total. The van der Waals surface area contributed by atoms with E-state index in [0.717, 1.165) is 35.6 Å². The molecule has 3 rings (SSSR count). The number of likely N-dealkylation sites (N-methyl/N-ethyl adjacent to an activating group) is 1. The zero-order valence-corrected chi connectivity index (χ0v) is 17.8. The van der Waals surface area contributed by atoms with Crippen LogP contribution in [0.5, 0.6) is 0 Å². The topological polar surface area (TPSA) is 70.5 Å². The summed E-state index contributed by atoms with van der Waals surface area (Å²) in [4.78, 5) is 27.5. The number of amides is 2. The van der Waals surface area contributed by atoms with Gasteiger partial charge in [-0.2, -0.15) is 5.10 Å². The molecule has 0 spiro atoms. The van der Waals surface area contributed by atoms with E-state index in [0.29, 0.717) is 26.1 Å². The third-order valence-electron chi connectivity index (χ3n) is 5.18. The normalized spacial score (nSPS) is 18.8. The molecule has 0 bridgehead atoms. The van der Waals surface area contributed by atoms with Gasteiger partial charge in [-0.1, -0.05) is 26.5 Å². The van der Waals surface area contributed by atoms with E-state index in [1.165, 1.54) is 0 Å². The first kappa shape index (κ1) is 21.7. The molecule has 0 aliphatic carbocycles. The van der Waals surface area contributed by atoms with Crippen LogP contribution in [0.1, 0.15) is 57.8 Å². The number of allylic oxidation sites excluding steroid dienone is 2. The second-order valence-electron chi connectivity index (χ2n) is 6.93. The van der Waals surface area contributed by atoms with Gasteiger partial charge in [-0.25, -0.2) is 0 Å². The first-order valence-corrected chi connectivity index (χ1v) is 10.1. The SMILES string of the molecule is C=C(/C=C\C)N(C)c1nn(C2CCNC(=O)C2)c2c1CN(C(C)=O)CC2.CC. The average Bonchev–Trinajstić information content (AvgIpc) is 3.08. The van der Waals surface area contributed by atoms with Crippen LogP contribution in [0.15, 0.2) is 24.4 Å². The Hall–Kier alpha value is -2.57. The fourth-order valence-corrected chi connectivity index (χ4v) is 3.68. The number of hydrogen-bond donors (Lipinski definition) is 1. The maximum atomic E-state index is 11.9. The Bertz CT molecular complexity index is 765. The van der Waals surface area contributed by atoms with E-state index in [-0.39, 0.29) is 17.9 Å². The van der Waals surface area contributed by atoms with Gasteiger partial charge in [-0.05, 0) is 19.4 Å². The lowest BCUT2D eigenvalue weighted by Crippen LogP contribution is -2.37. The largest absolute Gasteiger partial charge is 0.356 e. The molecule has 2 amide bonds. The highest BCUT2D eigenvalue weighted by molar-refractivity contribution is 5.77. The molecule has 1 aromatic heterocycles. The minimum Gasteiger partial charge on any atom is -0.356 e. The number of rotatable bonds is 4. The molecule has 1 fully saturated rings. The van der Waals surface area contributed by atoms with Crippen LogP contribution in [0, 0.1) is 0 Å². The molecule has 2 aliphatic heterocycles. The fourth-order valence-electron chi connectivity index (χ4n) is 3.68. The van der Waals surface area contributed by atoms with Crippen molar-refractivity contribution in [1.82, 2.24) is 20.0 Å². The first-order chi connectivity index (χ1) is 13.4. The predicted molar refractivity (Wildman–Crippen MR) is 112 cm³/mol. The van der Waals surface area contributed by atoms with E-state index in [2.05, 4.69) is 11.9 Å². The third-order valence-corrected chi connectivity index (χ3v) is 5.18. The molecule has 2 aliphatic rings. The van der Waals surface area contributed by atoms with E-state index in [9.17, 15) is 9.59 Å². The summed E-state index contributed by atoms with van der Waals surface area (Å²) in [6.07, 6.45) is 5.95. The Morgan fingerprint density at radius 3 is 2.71 bits per heavy atom. The Balaban J connectivity index is 0.00000136. The van der Waals surface area contributed by atoms with E-state index < -0.39 is 0 Å².